The van der Waals surface area contributed by atoms with E-state index in [-0.39, 0.29) is 0 Å². The van der Waals surface area contributed by atoms with Gasteiger partial charge >= 0.3 is 0 Å². The molecule has 3 nitrogen and oxygen atoms in total. The Morgan fingerprint density at radius 1 is 1.17 bits per heavy atom. The van der Waals surface area contributed by atoms with Crippen LogP contribution in [-0.2, 0) is 5.60 Å². The van der Waals surface area contributed by atoms with Crippen molar-refractivity contribution in [1.29, 1.82) is 0 Å². The minimum atomic E-state index is -0.782. The average Bonchev–Trinajstić information content (AvgIpc) is 2.93. The molecule has 2 saturated heterocycles. The maximum Gasteiger partial charge on any atom is 0.137 e. The van der Waals surface area contributed by atoms with Gasteiger partial charge < -0.3 is 14.8 Å². The molecule has 1 aromatic carbocycles. The molecule has 0 aliphatic carbocycles. The van der Waals surface area contributed by atoms with Gasteiger partial charge in [0.1, 0.15) is 16.9 Å². The fraction of sp³-hybridized carbons (Fsp3) is 0.467. The lowest BCUT2D eigenvalue weighted by molar-refractivity contribution is -0.0285. The van der Waals surface area contributed by atoms with Crippen molar-refractivity contribution in [3.63, 3.8) is 0 Å². The summed E-state index contributed by atoms with van der Waals surface area (Å²) in [6.45, 7) is 0. The molecule has 94 valence electrons. The molecular weight excluding hydrogens is 226 g/mol. The molecule has 0 spiro atoms. The zero-order valence-electron chi connectivity index (χ0n) is 10.2. The molecule has 0 radical (unpaired) electrons. The van der Waals surface area contributed by atoms with Crippen molar-refractivity contribution in [3.8, 4) is 0 Å². The number of aliphatic hydroxyl groups is 1. The lowest BCUT2D eigenvalue weighted by atomic mass is 9.85. The normalized spacial score (nSPS) is 35.2. The van der Waals surface area contributed by atoms with E-state index in [1.807, 2.05) is 30.3 Å². The van der Waals surface area contributed by atoms with Crippen molar-refractivity contribution >= 4 is 11.0 Å². The van der Waals surface area contributed by atoms with Gasteiger partial charge in [-0.05, 0) is 37.8 Å². The van der Waals surface area contributed by atoms with Crippen LogP contribution in [0.2, 0.25) is 0 Å². The first-order valence-corrected chi connectivity index (χ1v) is 6.70. The van der Waals surface area contributed by atoms with Gasteiger partial charge in [0.15, 0.2) is 0 Å². The summed E-state index contributed by atoms with van der Waals surface area (Å²) in [7, 11) is 0. The lowest BCUT2D eigenvalue weighted by Crippen LogP contribution is -2.46. The van der Waals surface area contributed by atoms with Crippen LogP contribution in [-0.4, -0.2) is 17.2 Å². The topological polar surface area (TPSA) is 45.4 Å². The number of para-hydroxylation sites is 1. The maximum atomic E-state index is 10.9. The van der Waals surface area contributed by atoms with E-state index in [0.717, 1.165) is 29.6 Å². The summed E-state index contributed by atoms with van der Waals surface area (Å²) in [5.74, 6) is 0.738. The Labute approximate surface area is 106 Å². The lowest BCUT2D eigenvalue weighted by Gasteiger charge is -2.35. The second-order valence-corrected chi connectivity index (χ2v) is 5.73. The highest BCUT2D eigenvalue weighted by atomic mass is 16.4. The third-order valence-corrected chi connectivity index (χ3v) is 4.39. The quantitative estimate of drug-likeness (QED) is 0.809. The van der Waals surface area contributed by atoms with Crippen LogP contribution in [0.3, 0.4) is 0 Å². The van der Waals surface area contributed by atoms with E-state index in [9.17, 15) is 5.11 Å². The van der Waals surface area contributed by atoms with Gasteiger partial charge in [-0.1, -0.05) is 18.2 Å². The van der Waals surface area contributed by atoms with Crippen molar-refractivity contribution in [2.24, 2.45) is 0 Å². The third kappa shape index (κ3) is 1.51. The number of hydrogen-bond acceptors (Lipinski definition) is 3. The Morgan fingerprint density at radius 2 is 1.89 bits per heavy atom. The van der Waals surface area contributed by atoms with Gasteiger partial charge in [-0.15, -0.1) is 0 Å². The Bertz CT molecular complexity index is 544. The highest BCUT2D eigenvalue weighted by molar-refractivity contribution is 5.77. The summed E-state index contributed by atoms with van der Waals surface area (Å²) in [4.78, 5) is 0. The fourth-order valence-electron chi connectivity index (χ4n) is 3.54. The molecule has 2 aliphatic rings. The largest absolute Gasteiger partial charge is 0.458 e. The van der Waals surface area contributed by atoms with E-state index in [0.29, 0.717) is 12.1 Å². The number of furan rings is 1. The summed E-state index contributed by atoms with van der Waals surface area (Å²) >= 11 is 0. The monoisotopic (exact) mass is 243 g/mol. The van der Waals surface area contributed by atoms with E-state index < -0.39 is 5.60 Å². The van der Waals surface area contributed by atoms with Crippen LogP contribution < -0.4 is 5.32 Å². The Kier molecular flexibility index (Phi) is 2.11. The predicted molar refractivity (Wildman–Crippen MR) is 69.3 cm³/mol. The third-order valence-electron chi connectivity index (χ3n) is 4.39. The second kappa shape index (κ2) is 3.59. The van der Waals surface area contributed by atoms with Gasteiger partial charge in [0.05, 0.1) is 0 Å². The molecule has 4 rings (SSSR count). The molecule has 3 heteroatoms. The van der Waals surface area contributed by atoms with Crippen LogP contribution in [0.25, 0.3) is 11.0 Å². The van der Waals surface area contributed by atoms with Crippen LogP contribution in [0.4, 0.5) is 0 Å². The van der Waals surface area contributed by atoms with Gasteiger partial charge in [0.25, 0.3) is 0 Å². The summed E-state index contributed by atoms with van der Waals surface area (Å²) in [6, 6.07) is 10.8. The molecule has 2 aliphatic heterocycles. The van der Waals surface area contributed by atoms with Crippen LogP contribution >= 0.6 is 0 Å². The molecule has 2 aromatic rings. The van der Waals surface area contributed by atoms with Crippen LogP contribution in [0.1, 0.15) is 31.4 Å². The Hall–Kier alpha value is -1.32. The highest BCUT2D eigenvalue weighted by Crippen LogP contribution is 2.42. The van der Waals surface area contributed by atoms with Crippen LogP contribution in [0.15, 0.2) is 34.7 Å². The van der Waals surface area contributed by atoms with E-state index in [4.69, 9.17) is 4.42 Å². The smallest absolute Gasteiger partial charge is 0.137 e. The standard InChI is InChI=1S/C15H17NO2/c17-15(8-11-5-6-12(9-15)16-11)14-7-10-3-1-2-4-13(10)18-14/h1-4,7,11-12,16-17H,5-6,8-9H2. The maximum absolute atomic E-state index is 10.9. The molecule has 2 atom stereocenters. The summed E-state index contributed by atoms with van der Waals surface area (Å²) in [5, 5.41) is 15.5. The molecule has 2 unspecified atom stereocenters. The van der Waals surface area contributed by atoms with Crippen molar-refractivity contribution in [2.45, 2.75) is 43.4 Å². The molecule has 0 saturated carbocycles. The van der Waals surface area contributed by atoms with Crippen LogP contribution in [0, 0.1) is 0 Å². The second-order valence-electron chi connectivity index (χ2n) is 5.73. The Morgan fingerprint density at radius 3 is 2.61 bits per heavy atom. The van der Waals surface area contributed by atoms with Crippen LogP contribution in [0.5, 0.6) is 0 Å². The first-order valence-electron chi connectivity index (χ1n) is 6.70. The fourth-order valence-corrected chi connectivity index (χ4v) is 3.54. The first kappa shape index (κ1) is 10.6. The zero-order valence-corrected chi connectivity index (χ0v) is 10.2. The molecule has 0 amide bonds. The van der Waals surface area contributed by atoms with Gasteiger partial charge in [-0.3, -0.25) is 0 Å². The highest BCUT2D eigenvalue weighted by Gasteiger charge is 2.45. The molecule has 18 heavy (non-hydrogen) atoms. The van der Waals surface area contributed by atoms with Gasteiger partial charge in [0, 0.05) is 17.5 Å². The number of nitrogens with one attached hydrogen (secondary N) is 1. The number of piperidine rings is 1. The SMILES string of the molecule is OC1(c2cc3ccccc3o2)CC2CCC(C1)N2. The molecule has 2 bridgehead atoms. The van der Waals surface area contributed by atoms with Crippen molar-refractivity contribution in [3.05, 3.63) is 36.1 Å². The molecular formula is C15H17NO2. The number of benzene rings is 1. The number of fused-ring (bicyclic) bond motifs is 3. The molecule has 2 N–H and O–H groups in total. The first-order chi connectivity index (χ1) is 8.73. The minimum absolute atomic E-state index is 0.446. The van der Waals surface area contributed by atoms with E-state index >= 15 is 0 Å². The molecule has 1 aromatic heterocycles. The minimum Gasteiger partial charge on any atom is -0.458 e. The zero-order chi connectivity index (χ0) is 12.2. The van der Waals surface area contributed by atoms with E-state index in [1.165, 1.54) is 12.8 Å². The van der Waals surface area contributed by atoms with E-state index in [2.05, 4.69) is 5.32 Å². The summed E-state index contributed by atoms with van der Waals surface area (Å²) in [6.07, 6.45) is 3.88. The summed E-state index contributed by atoms with van der Waals surface area (Å²) < 4.78 is 5.86. The van der Waals surface area contributed by atoms with Gasteiger partial charge in [0.2, 0.25) is 0 Å². The number of hydrogen-bond donors (Lipinski definition) is 2. The molecule has 3 heterocycles. The van der Waals surface area contributed by atoms with Crippen molar-refractivity contribution < 1.29 is 9.52 Å². The van der Waals surface area contributed by atoms with E-state index in [1.54, 1.807) is 0 Å². The van der Waals surface area contributed by atoms with Crippen molar-refractivity contribution in [2.75, 3.05) is 0 Å². The summed E-state index contributed by atoms with van der Waals surface area (Å²) in [5.41, 5.74) is 0.0858. The number of rotatable bonds is 1. The van der Waals surface area contributed by atoms with Gasteiger partial charge in [-0.2, -0.15) is 0 Å². The predicted octanol–water partition coefficient (Wildman–Crippen LogP) is 2.53. The molecule has 2 fully saturated rings. The van der Waals surface area contributed by atoms with Gasteiger partial charge in [-0.25, -0.2) is 0 Å². The van der Waals surface area contributed by atoms with Crippen molar-refractivity contribution in [1.82, 2.24) is 5.32 Å². The Balaban J connectivity index is 1.77. The average molecular weight is 243 g/mol.